The summed E-state index contributed by atoms with van der Waals surface area (Å²) in [6, 6.07) is 23.2. The second-order valence-electron chi connectivity index (χ2n) is 8.33. The smallest absolute Gasteiger partial charge is 0.0424 e. The predicted octanol–water partition coefficient (Wildman–Crippen LogP) is 9.70. The van der Waals surface area contributed by atoms with E-state index in [0.29, 0.717) is 0 Å². The van der Waals surface area contributed by atoms with Gasteiger partial charge in [0.2, 0.25) is 0 Å². The van der Waals surface area contributed by atoms with Crippen LogP contribution in [0.2, 0.25) is 0 Å². The molecule has 2 heterocycles. The predicted molar refractivity (Wildman–Crippen MR) is 138 cm³/mol. The highest BCUT2D eigenvalue weighted by Crippen LogP contribution is 2.40. The summed E-state index contributed by atoms with van der Waals surface area (Å²) in [5.41, 5.74) is 0. The molecule has 0 aliphatic rings. The largest absolute Gasteiger partial charge is 0.143 e. The number of hydrogen-bond acceptors (Lipinski definition) is 2. The highest BCUT2D eigenvalue weighted by atomic mass is 32.1. The molecular formula is C28H24S2. The van der Waals surface area contributed by atoms with Gasteiger partial charge in [0.25, 0.3) is 0 Å². The summed E-state index contributed by atoms with van der Waals surface area (Å²) in [5.74, 6) is 0. The molecule has 6 aromatic rings. The lowest BCUT2D eigenvalue weighted by molar-refractivity contribution is 0.670. The molecule has 4 aromatic carbocycles. The molecule has 0 unspecified atom stereocenters. The number of aryl methyl sites for hydroxylation is 1. The van der Waals surface area contributed by atoms with E-state index in [1.807, 2.05) is 22.7 Å². The van der Waals surface area contributed by atoms with Gasteiger partial charge in [-0.15, -0.1) is 22.7 Å². The van der Waals surface area contributed by atoms with E-state index in [2.05, 4.69) is 73.0 Å². The fraction of sp³-hybridized carbons (Fsp3) is 0.214. The third-order valence-electron chi connectivity index (χ3n) is 6.42. The van der Waals surface area contributed by atoms with Crippen LogP contribution in [0.4, 0.5) is 0 Å². The maximum absolute atomic E-state index is 2.42. The summed E-state index contributed by atoms with van der Waals surface area (Å²) in [7, 11) is 0. The third-order valence-corrected chi connectivity index (χ3v) is 8.62. The zero-order valence-corrected chi connectivity index (χ0v) is 18.8. The first-order chi connectivity index (χ1) is 14.8. The van der Waals surface area contributed by atoms with E-state index >= 15 is 0 Å². The van der Waals surface area contributed by atoms with Crippen molar-refractivity contribution in [2.75, 3.05) is 0 Å². The Bertz CT molecular complexity index is 1530. The fourth-order valence-corrected chi connectivity index (χ4v) is 7.02. The minimum atomic E-state index is 1.22. The minimum absolute atomic E-state index is 1.22. The Morgan fingerprint density at radius 1 is 0.600 bits per heavy atom. The van der Waals surface area contributed by atoms with E-state index in [-0.39, 0.29) is 0 Å². The molecule has 148 valence electrons. The van der Waals surface area contributed by atoms with Crippen LogP contribution in [0.5, 0.6) is 0 Å². The van der Waals surface area contributed by atoms with Crippen LogP contribution in [0.1, 0.15) is 37.5 Å². The van der Waals surface area contributed by atoms with Crippen molar-refractivity contribution in [3.8, 4) is 0 Å². The molecule has 0 spiro atoms. The zero-order chi connectivity index (χ0) is 20.1. The summed E-state index contributed by atoms with van der Waals surface area (Å²) in [6.45, 7) is 2.28. The molecule has 0 aliphatic carbocycles. The van der Waals surface area contributed by atoms with Crippen LogP contribution in [0, 0.1) is 0 Å². The van der Waals surface area contributed by atoms with E-state index in [1.165, 1.54) is 89.5 Å². The fourth-order valence-electron chi connectivity index (χ4n) is 4.86. The molecule has 0 atom stereocenters. The van der Waals surface area contributed by atoms with Crippen LogP contribution >= 0.6 is 22.7 Å². The molecule has 30 heavy (non-hydrogen) atoms. The van der Waals surface area contributed by atoms with Crippen molar-refractivity contribution < 1.29 is 0 Å². The first-order valence-electron chi connectivity index (χ1n) is 11.0. The van der Waals surface area contributed by atoms with Crippen molar-refractivity contribution in [1.82, 2.24) is 0 Å². The van der Waals surface area contributed by atoms with Gasteiger partial charge in [-0.2, -0.15) is 0 Å². The minimum Gasteiger partial charge on any atom is -0.143 e. The Morgan fingerprint density at radius 2 is 1.23 bits per heavy atom. The van der Waals surface area contributed by atoms with Gasteiger partial charge in [0.05, 0.1) is 0 Å². The molecular weight excluding hydrogens is 400 g/mol. The lowest BCUT2D eigenvalue weighted by Gasteiger charge is -2.09. The van der Waals surface area contributed by atoms with Gasteiger partial charge >= 0.3 is 0 Å². The number of unbranched alkanes of at least 4 members (excludes halogenated alkanes) is 3. The molecule has 0 radical (unpaired) electrons. The molecule has 0 saturated heterocycles. The molecule has 2 heteroatoms. The van der Waals surface area contributed by atoms with Crippen LogP contribution < -0.4 is 0 Å². The van der Waals surface area contributed by atoms with E-state index in [0.717, 1.165) is 0 Å². The average Bonchev–Trinajstić information content (AvgIpc) is 3.42. The van der Waals surface area contributed by atoms with E-state index < -0.39 is 0 Å². The van der Waals surface area contributed by atoms with Crippen molar-refractivity contribution in [3.05, 3.63) is 70.9 Å². The topological polar surface area (TPSA) is 0 Å². The van der Waals surface area contributed by atoms with E-state index in [9.17, 15) is 0 Å². The normalized spacial score (nSPS) is 12.2. The van der Waals surface area contributed by atoms with Crippen LogP contribution in [0.25, 0.3) is 52.5 Å². The third kappa shape index (κ3) is 2.85. The molecule has 2 aromatic heterocycles. The summed E-state index contributed by atoms with van der Waals surface area (Å²) in [5, 5.41) is 13.2. The second-order valence-corrected chi connectivity index (χ2v) is 10.4. The standard InChI is InChI=1S/C28H24S2/c1-2-3-4-5-6-20-17-19-8-10-24-22-11-13-25-23(9-7-18-15-16-29-27(18)25)21(22)12-14-26(24)28(19)30-20/h7-17H,2-6H2,1H3. The highest BCUT2D eigenvalue weighted by Gasteiger charge is 2.11. The Labute approximate surface area is 184 Å². The van der Waals surface area contributed by atoms with Crippen LogP contribution in [-0.2, 0) is 6.42 Å². The van der Waals surface area contributed by atoms with Gasteiger partial charge in [-0.1, -0.05) is 74.7 Å². The van der Waals surface area contributed by atoms with Crippen molar-refractivity contribution in [2.24, 2.45) is 0 Å². The quantitative estimate of drug-likeness (QED) is 0.191. The van der Waals surface area contributed by atoms with Gasteiger partial charge in [-0.25, -0.2) is 0 Å². The number of benzene rings is 4. The Hall–Kier alpha value is -2.42. The maximum atomic E-state index is 2.42. The van der Waals surface area contributed by atoms with Gasteiger partial charge in [-0.3, -0.25) is 0 Å². The van der Waals surface area contributed by atoms with Crippen LogP contribution in [0.15, 0.2) is 66.0 Å². The lowest BCUT2D eigenvalue weighted by Crippen LogP contribution is -1.81. The molecule has 0 fully saturated rings. The second kappa shape index (κ2) is 7.37. The van der Waals surface area contributed by atoms with Gasteiger partial charge in [0, 0.05) is 25.0 Å². The van der Waals surface area contributed by atoms with Crippen molar-refractivity contribution in [1.29, 1.82) is 0 Å². The van der Waals surface area contributed by atoms with Gasteiger partial charge in [-0.05, 0) is 62.7 Å². The molecule has 0 bridgehead atoms. The summed E-state index contributed by atoms with van der Waals surface area (Å²) >= 11 is 3.85. The zero-order valence-electron chi connectivity index (χ0n) is 17.2. The van der Waals surface area contributed by atoms with Crippen LogP contribution in [-0.4, -0.2) is 0 Å². The summed E-state index contributed by atoms with van der Waals surface area (Å²) < 4.78 is 2.85. The molecule has 0 saturated carbocycles. The summed E-state index contributed by atoms with van der Waals surface area (Å²) in [6.07, 6.45) is 6.53. The maximum Gasteiger partial charge on any atom is 0.0424 e. The first-order valence-corrected chi connectivity index (χ1v) is 12.7. The number of fused-ring (bicyclic) bond motifs is 9. The number of hydrogen-bond donors (Lipinski definition) is 0. The van der Waals surface area contributed by atoms with Gasteiger partial charge in [0.15, 0.2) is 0 Å². The Kier molecular flexibility index (Phi) is 4.51. The van der Waals surface area contributed by atoms with Crippen molar-refractivity contribution in [2.45, 2.75) is 39.0 Å². The number of rotatable bonds is 5. The Morgan fingerprint density at radius 3 is 2.00 bits per heavy atom. The van der Waals surface area contributed by atoms with E-state index in [4.69, 9.17) is 0 Å². The molecule has 0 aliphatic heterocycles. The van der Waals surface area contributed by atoms with Gasteiger partial charge in [0.1, 0.15) is 0 Å². The highest BCUT2D eigenvalue weighted by molar-refractivity contribution is 7.20. The van der Waals surface area contributed by atoms with Crippen molar-refractivity contribution in [3.63, 3.8) is 0 Å². The molecule has 6 rings (SSSR count). The molecule has 0 N–H and O–H groups in total. The van der Waals surface area contributed by atoms with Crippen LogP contribution in [0.3, 0.4) is 0 Å². The van der Waals surface area contributed by atoms with Crippen molar-refractivity contribution >= 4 is 75.2 Å². The monoisotopic (exact) mass is 424 g/mol. The molecule has 0 nitrogen and oxygen atoms in total. The average molecular weight is 425 g/mol. The SMILES string of the molecule is CCCCCCc1cc2ccc3c4ccc5c(ccc6ccsc65)c4ccc3c2s1. The number of thiophene rings is 2. The Balaban J connectivity index is 1.53. The summed E-state index contributed by atoms with van der Waals surface area (Å²) in [4.78, 5) is 1.53. The first kappa shape index (κ1) is 18.4. The van der Waals surface area contributed by atoms with Gasteiger partial charge < -0.3 is 0 Å². The lowest BCUT2D eigenvalue weighted by atomic mass is 9.96. The van der Waals surface area contributed by atoms with E-state index in [1.54, 1.807) is 0 Å². The molecule has 0 amide bonds.